The van der Waals surface area contributed by atoms with Gasteiger partial charge in [0.15, 0.2) is 0 Å². The second-order valence-corrected chi connectivity index (χ2v) is 6.96. The van der Waals surface area contributed by atoms with Gasteiger partial charge in [-0.3, -0.25) is 0 Å². The molecule has 3 rings (SSSR count). The topological polar surface area (TPSA) is 27.7 Å². The molecule has 1 saturated heterocycles. The third-order valence-corrected chi connectivity index (χ3v) is 4.71. The van der Waals surface area contributed by atoms with Gasteiger partial charge in [-0.15, -0.1) is 0 Å². The van der Waals surface area contributed by atoms with E-state index < -0.39 is 0 Å². The Hall–Kier alpha value is -1.84. The molecular formula is C24H34O3. The summed E-state index contributed by atoms with van der Waals surface area (Å²) in [5, 5.41) is 0. The first kappa shape index (κ1) is 21.5. The molecule has 1 aliphatic heterocycles. The van der Waals surface area contributed by atoms with E-state index in [0.717, 1.165) is 31.8 Å². The minimum absolute atomic E-state index is 0.242. The lowest BCUT2D eigenvalue weighted by Crippen LogP contribution is -2.34. The fourth-order valence-electron chi connectivity index (χ4n) is 3.07. The molecule has 0 amide bonds. The summed E-state index contributed by atoms with van der Waals surface area (Å²) in [5.41, 5.74) is 2.48. The largest absolute Gasteiger partial charge is 0.465 e. The van der Waals surface area contributed by atoms with E-state index in [1.165, 1.54) is 11.1 Å². The van der Waals surface area contributed by atoms with Crippen LogP contribution in [0.25, 0.3) is 0 Å². The summed E-state index contributed by atoms with van der Waals surface area (Å²) in [5.74, 6) is 1.76. The van der Waals surface area contributed by atoms with Gasteiger partial charge in [0.1, 0.15) is 5.75 Å². The van der Waals surface area contributed by atoms with Crippen molar-refractivity contribution < 1.29 is 14.2 Å². The highest BCUT2D eigenvalue weighted by Gasteiger charge is 2.26. The third kappa shape index (κ3) is 7.00. The van der Waals surface area contributed by atoms with Crippen molar-refractivity contribution >= 4 is 0 Å². The summed E-state index contributed by atoms with van der Waals surface area (Å²) >= 11 is 0. The second kappa shape index (κ2) is 11.8. The maximum absolute atomic E-state index is 6.23. The Morgan fingerprint density at radius 2 is 1.56 bits per heavy atom. The van der Waals surface area contributed by atoms with Gasteiger partial charge in [0.2, 0.25) is 6.29 Å². The summed E-state index contributed by atoms with van der Waals surface area (Å²) in [7, 11) is 0. The van der Waals surface area contributed by atoms with Crippen molar-refractivity contribution in [1.82, 2.24) is 0 Å². The normalized spacial score (nSPS) is 15.7. The van der Waals surface area contributed by atoms with Gasteiger partial charge in [0, 0.05) is 19.1 Å². The SMILES string of the molecule is CC.CC(C)c1ccc(OC(OCc2ccccc2)C2CCOCC2)cc1. The quantitative estimate of drug-likeness (QED) is 0.544. The lowest BCUT2D eigenvalue weighted by atomic mass is 9.99. The van der Waals surface area contributed by atoms with Gasteiger partial charge in [0.25, 0.3) is 0 Å². The van der Waals surface area contributed by atoms with E-state index >= 15 is 0 Å². The fraction of sp³-hybridized carbons (Fsp3) is 0.500. The van der Waals surface area contributed by atoms with E-state index in [2.05, 4.69) is 38.1 Å². The molecule has 0 aromatic heterocycles. The molecule has 0 spiro atoms. The zero-order chi connectivity index (χ0) is 19.5. The van der Waals surface area contributed by atoms with Crippen LogP contribution in [0, 0.1) is 5.92 Å². The summed E-state index contributed by atoms with van der Waals surface area (Å²) < 4.78 is 17.9. The van der Waals surface area contributed by atoms with Gasteiger partial charge in [-0.05, 0) is 42.0 Å². The lowest BCUT2D eigenvalue weighted by molar-refractivity contribution is -0.142. The second-order valence-electron chi connectivity index (χ2n) is 6.96. The Labute approximate surface area is 164 Å². The predicted octanol–water partition coefficient (Wildman–Crippen LogP) is 6.18. The smallest absolute Gasteiger partial charge is 0.203 e. The van der Waals surface area contributed by atoms with Crippen molar-refractivity contribution in [2.24, 2.45) is 5.92 Å². The maximum Gasteiger partial charge on any atom is 0.203 e. The number of rotatable bonds is 7. The summed E-state index contributed by atoms with van der Waals surface area (Å²) in [6.45, 7) is 10.5. The summed E-state index contributed by atoms with van der Waals surface area (Å²) in [6, 6.07) is 18.6. The Morgan fingerprint density at radius 1 is 0.926 bits per heavy atom. The molecule has 0 bridgehead atoms. The molecule has 0 aliphatic carbocycles. The van der Waals surface area contributed by atoms with Crippen molar-refractivity contribution in [1.29, 1.82) is 0 Å². The molecule has 1 fully saturated rings. The van der Waals surface area contributed by atoms with Crippen molar-refractivity contribution in [3.8, 4) is 5.75 Å². The first-order chi connectivity index (χ1) is 13.2. The van der Waals surface area contributed by atoms with Gasteiger partial charge in [-0.25, -0.2) is 0 Å². The van der Waals surface area contributed by atoms with Crippen LogP contribution < -0.4 is 4.74 Å². The molecule has 3 nitrogen and oxygen atoms in total. The van der Waals surface area contributed by atoms with Gasteiger partial charge >= 0.3 is 0 Å². The van der Waals surface area contributed by atoms with Crippen LogP contribution in [0.2, 0.25) is 0 Å². The maximum atomic E-state index is 6.23. The highest BCUT2D eigenvalue weighted by molar-refractivity contribution is 5.29. The molecule has 1 unspecified atom stereocenters. The first-order valence-corrected chi connectivity index (χ1v) is 10.2. The third-order valence-electron chi connectivity index (χ3n) is 4.71. The average Bonchev–Trinajstić information content (AvgIpc) is 2.74. The standard InChI is InChI=1S/C22H28O3.C2H6/c1-17(2)19-8-10-21(11-9-19)25-22(20-12-14-23-15-13-20)24-16-18-6-4-3-5-7-18;1-2/h3-11,17,20,22H,12-16H2,1-2H3;1-2H3. The van der Waals surface area contributed by atoms with Crippen LogP contribution in [0.4, 0.5) is 0 Å². The van der Waals surface area contributed by atoms with Crippen molar-refractivity contribution in [3.05, 3.63) is 65.7 Å². The highest BCUT2D eigenvalue weighted by atomic mass is 16.7. The van der Waals surface area contributed by atoms with Gasteiger partial charge in [-0.1, -0.05) is 70.2 Å². The lowest BCUT2D eigenvalue weighted by Gasteiger charge is -2.30. The molecule has 27 heavy (non-hydrogen) atoms. The van der Waals surface area contributed by atoms with E-state index in [1.54, 1.807) is 0 Å². The number of hydrogen-bond acceptors (Lipinski definition) is 3. The molecule has 3 heteroatoms. The molecule has 2 aromatic rings. The van der Waals surface area contributed by atoms with E-state index in [4.69, 9.17) is 14.2 Å². The monoisotopic (exact) mass is 370 g/mol. The Morgan fingerprint density at radius 3 is 2.15 bits per heavy atom. The predicted molar refractivity (Wildman–Crippen MR) is 111 cm³/mol. The summed E-state index contributed by atoms with van der Waals surface area (Å²) in [4.78, 5) is 0. The van der Waals surface area contributed by atoms with Crippen LogP contribution in [0.3, 0.4) is 0 Å². The molecule has 1 aliphatic rings. The van der Waals surface area contributed by atoms with Gasteiger partial charge in [0.05, 0.1) is 6.61 Å². The fourth-order valence-corrected chi connectivity index (χ4v) is 3.07. The number of benzene rings is 2. The van der Waals surface area contributed by atoms with Crippen LogP contribution in [0.1, 0.15) is 57.6 Å². The Kier molecular flexibility index (Phi) is 9.37. The minimum Gasteiger partial charge on any atom is -0.465 e. The zero-order valence-corrected chi connectivity index (χ0v) is 17.2. The van der Waals surface area contributed by atoms with E-state index in [1.807, 2.05) is 44.2 Å². The van der Waals surface area contributed by atoms with Crippen LogP contribution >= 0.6 is 0 Å². The van der Waals surface area contributed by atoms with Crippen LogP contribution in [-0.4, -0.2) is 19.5 Å². The van der Waals surface area contributed by atoms with Crippen molar-refractivity contribution in [2.45, 2.75) is 59.4 Å². The first-order valence-electron chi connectivity index (χ1n) is 10.2. The summed E-state index contributed by atoms with van der Waals surface area (Å²) in [6.07, 6.45) is 1.71. The molecule has 1 atom stereocenters. The molecule has 0 saturated carbocycles. The van der Waals surface area contributed by atoms with Crippen LogP contribution in [0.15, 0.2) is 54.6 Å². The van der Waals surface area contributed by atoms with Crippen LogP contribution in [0.5, 0.6) is 5.75 Å². The van der Waals surface area contributed by atoms with E-state index in [9.17, 15) is 0 Å². The van der Waals surface area contributed by atoms with Gasteiger partial charge < -0.3 is 14.2 Å². The number of ether oxygens (including phenoxy) is 3. The Balaban J connectivity index is 0.00000126. The molecule has 1 heterocycles. The molecule has 0 N–H and O–H groups in total. The van der Waals surface area contributed by atoms with Crippen molar-refractivity contribution in [2.75, 3.05) is 13.2 Å². The van der Waals surface area contributed by atoms with E-state index in [-0.39, 0.29) is 6.29 Å². The minimum atomic E-state index is -0.242. The molecule has 2 aromatic carbocycles. The van der Waals surface area contributed by atoms with E-state index in [0.29, 0.717) is 18.4 Å². The number of hydrogen-bond donors (Lipinski definition) is 0. The van der Waals surface area contributed by atoms with Crippen molar-refractivity contribution in [3.63, 3.8) is 0 Å². The molecule has 148 valence electrons. The highest BCUT2D eigenvalue weighted by Crippen LogP contribution is 2.26. The van der Waals surface area contributed by atoms with Gasteiger partial charge in [-0.2, -0.15) is 0 Å². The zero-order valence-electron chi connectivity index (χ0n) is 17.2. The molecule has 0 radical (unpaired) electrons. The van der Waals surface area contributed by atoms with Crippen LogP contribution in [-0.2, 0) is 16.1 Å². The average molecular weight is 371 g/mol. The Bertz CT molecular complexity index is 616. The molecular weight excluding hydrogens is 336 g/mol.